The molecule has 2 unspecified atom stereocenters. The van der Waals surface area contributed by atoms with E-state index in [1.165, 1.54) is 12.1 Å². The van der Waals surface area contributed by atoms with E-state index in [1.807, 2.05) is 0 Å². The molecule has 1 aromatic rings. The standard InChI is InChI=1S/C20H26F3N3O3/c21-20(22,23)16-4-1-3-14(11-16)18(27)15-12-17(25-13-15)19(28)24-5-2-6-26-7-9-29-10-8-26/h1,3-4,11,15,17,25H,2,5-10,12-13H2,(H,24,28). The Labute approximate surface area is 167 Å². The Kier molecular flexibility index (Phi) is 7.26. The van der Waals surface area contributed by atoms with E-state index in [2.05, 4.69) is 15.5 Å². The maximum Gasteiger partial charge on any atom is 0.416 e. The van der Waals surface area contributed by atoms with E-state index < -0.39 is 23.7 Å². The van der Waals surface area contributed by atoms with Crippen molar-refractivity contribution < 1.29 is 27.5 Å². The zero-order valence-electron chi connectivity index (χ0n) is 16.1. The van der Waals surface area contributed by atoms with Crippen molar-refractivity contribution >= 4 is 11.7 Å². The van der Waals surface area contributed by atoms with Crippen LogP contribution in [0.25, 0.3) is 0 Å². The molecule has 2 fully saturated rings. The van der Waals surface area contributed by atoms with Crippen LogP contribution < -0.4 is 10.6 Å². The van der Waals surface area contributed by atoms with Gasteiger partial charge in [0.05, 0.1) is 24.8 Å². The molecule has 0 saturated carbocycles. The number of amides is 1. The van der Waals surface area contributed by atoms with Gasteiger partial charge in [0, 0.05) is 37.7 Å². The Bertz CT molecular complexity index is 720. The van der Waals surface area contributed by atoms with Crippen molar-refractivity contribution in [1.82, 2.24) is 15.5 Å². The molecule has 1 amide bonds. The smallest absolute Gasteiger partial charge is 0.379 e. The van der Waals surface area contributed by atoms with Crippen LogP contribution in [-0.4, -0.2) is 68.6 Å². The van der Waals surface area contributed by atoms with Gasteiger partial charge in [0.1, 0.15) is 0 Å². The molecule has 2 N–H and O–H groups in total. The fourth-order valence-corrected chi connectivity index (χ4v) is 3.68. The Hall–Kier alpha value is -1.97. The average molecular weight is 413 g/mol. The van der Waals surface area contributed by atoms with Crippen LogP contribution in [0.15, 0.2) is 24.3 Å². The minimum atomic E-state index is -4.49. The molecule has 3 rings (SSSR count). The summed E-state index contributed by atoms with van der Waals surface area (Å²) in [5.74, 6) is -1.06. The fourth-order valence-electron chi connectivity index (χ4n) is 3.68. The van der Waals surface area contributed by atoms with Crippen molar-refractivity contribution in [1.29, 1.82) is 0 Å². The number of nitrogens with zero attached hydrogens (tertiary/aromatic N) is 1. The van der Waals surface area contributed by atoms with Crippen LogP contribution >= 0.6 is 0 Å². The van der Waals surface area contributed by atoms with Gasteiger partial charge < -0.3 is 15.4 Å². The zero-order chi connectivity index (χ0) is 20.9. The Morgan fingerprint density at radius 2 is 2.00 bits per heavy atom. The summed E-state index contributed by atoms with van der Waals surface area (Å²) < 4.78 is 43.9. The number of rotatable bonds is 7. The maximum absolute atomic E-state index is 12.9. The first kappa shape index (κ1) is 21.7. The van der Waals surface area contributed by atoms with Gasteiger partial charge in [0.15, 0.2) is 5.78 Å². The van der Waals surface area contributed by atoms with Gasteiger partial charge in [0.25, 0.3) is 0 Å². The summed E-state index contributed by atoms with van der Waals surface area (Å²) in [6, 6.07) is 3.93. The minimum absolute atomic E-state index is 0.0261. The van der Waals surface area contributed by atoms with Crippen LogP contribution in [0.2, 0.25) is 0 Å². The van der Waals surface area contributed by atoms with E-state index in [-0.39, 0.29) is 30.2 Å². The zero-order valence-corrected chi connectivity index (χ0v) is 16.1. The molecule has 1 aromatic carbocycles. The number of ether oxygens (including phenoxy) is 1. The number of ketones is 1. The second-order valence-electron chi connectivity index (χ2n) is 7.43. The summed E-state index contributed by atoms with van der Waals surface area (Å²) in [5.41, 5.74) is -0.818. The molecule has 2 saturated heterocycles. The lowest BCUT2D eigenvalue weighted by Gasteiger charge is -2.26. The quantitative estimate of drug-likeness (QED) is 0.526. The van der Waals surface area contributed by atoms with E-state index >= 15 is 0 Å². The molecule has 29 heavy (non-hydrogen) atoms. The number of carbonyl (C=O) groups is 2. The number of benzene rings is 1. The fraction of sp³-hybridized carbons (Fsp3) is 0.600. The van der Waals surface area contributed by atoms with E-state index in [4.69, 9.17) is 4.74 Å². The minimum Gasteiger partial charge on any atom is -0.379 e. The average Bonchev–Trinajstić information content (AvgIpc) is 3.21. The molecule has 2 aliphatic heterocycles. The van der Waals surface area contributed by atoms with Crippen molar-refractivity contribution in [2.45, 2.75) is 25.1 Å². The van der Waals surface area contributed by atoms with Crippen LogP contribution in [-0.2, 0) is 15.7 Å². The van der Waals surface area contributed by atoms with Gasteiger partial charge in [-0.2, -0.15) is 13.2 Å². The highest BCUT2D eigenvalue weighted by Gasteiger charge is 2.35. The highest BCUT2D eigenvalue weighted by molar-refractivity contribution is 5.99. The molecule has 0 bridgehead atoms. The SMILES string of the molecule is O=C(c1cccc(C(F)(F)F)c1)C1CNC(C(=O)NCCCN2CCOCC2)C1. The van der Waals surface area contributed by atoms with Crippen molar-refractivity contribution in [2.24, 2.45) is 5.92 Å². The molecule has 0 radical (unpaired) electrons. The number of Topliss-reactive ketones (excluding diaryl/α,β-unsaturated/α-hetero) is 1. The van der Waals surface area contributed by atoms with Crippen LogP contribution in [0.4, 0.5) is 13.2 Å². The number of nitrogens with one attached hydrogen (secondary N) is 2. The predicted molar refractivity (Wildman–Crippen MR) is 101 cm³/mol. The number of alkyl halides is 3. The monoisotopic (exact) mass is 413 g/mol. The molecule has 160 valence electrons. The van der Waals surface area contributed by atoms with Gasteiger partial charge in [-0.15, -0.1) is 0 Å². The summed E-state index contributed by atoms with van der Waals surface area (Å²) in [7, 11) is 0. The molecular formula is C20H26F3N3O3. The van der Waals surface area contributed by atoms with Gasteiger partial charge in [0.2, 0.25) is 5.91 Å². The molecule has 6 nitrogen and oxygen atoms in total. The molecule has 0 aliphatic carbocycles. The summed E-state index contributed by atoms with van der Waals surface area (Å²) in [4.78, 5) is 27.2. The first-order chi connectivity index (χ1) is 13.8. The predicted octanol–water partition coefficient (Wildman–Crippen LogP) is 1.70. The van der Waals surface area contributed by atoms with Crippen molar-refractivity contribution in [3.63, 3.8) is 0 Å². The van der Waals surface area contributed by atoms with Crippen LogP contribution in [0.1, 0.15) is 28.8 Å². The summed E-state index contributed by atoms with van der Waals surface area (Å²) in [6.45, 7) is 4.98. The van der Waals surface area contributed by atoms with Crippen molar-refractivity contribution in [3.05, 3.63) is 35.4 Å². The normalized spacial score (nSPS) is 23.1. The van der Waals surface area contributed by atoms with Gasteiger partial charge in [-0.05, 0) is 31.5 Å². The number of halogens is 3. The molecule has 0 spiro atoms. The summed E-state index contributed by atoms with van der Waals surface area (Å²) in [6.07, 6.45) is -3.39. The number of carbonyl (C=O) groups excluding carboxylic acids is 2. The van der Waals surface area contributed by atoms with Gasteiger partial charge >= 0.3 is 6.18 Å². The van der Waals surface area contributed by atoms with E-state index in [0.29, 0.717) is 6.54 Å². The third kappa shape index (κ3) is 6.01. The van der Waals surface area contributed by atoms with Crippen LogP contribution in [0, 0.1) is 5.92 Å². The third-order valence-electron chi connectivity index (χ3n) is 5.35. The Morgan fingerprint density at radius 3 is 2.72 bits per heavy atom. The first-order valence-electron chi connectivity index (χ1n) is 9.87. The first-order valence-corrected chi connectivity index (χ1v) is 9.87. The van der Waals surface area contributed by atoms with E-state index in [1.54, 1.807) is 0 Å². The van der Waals surface area contributed by atoms with Gasteiger partial charge in [-0.25, -0.2) is 0 Å². The topological polar surface area (TPSA) is 70.7 Å². The highest BCUT2D eigenvalue weighted by Crippen LogP contribution is 2.30. The van der Waals surface area contributed by atoms with Crippen molar-refractivity contribution in [3.8, 4) is 0 Å². The molecule has 2 aliphatic rings. The third-order valence-corrected chi connectivity index (χ3v) is 5.35. The highest BCUT2D eigenvalue weighted by atomic mass is 19.4. The van der Waals surface area contributed by atoms with Crippen LogP contribution in [0.3, 0.4) is 0 Å². The van der Waals surface area contributed by atoms with Gasteiger partial charge in [-0.1, -0.05) is 12.1 Å². The molecule has 2 heterocycles. The number of morpholine rings is 1. The molecular weight excluding hydrogens is 387 g/mol. The van der Waals surface area contributed by atoms with E-state index in [9.17, 15) is 22.8 Å². The lowest BCUT2D eigenvalue weighted by molar-refractivity contribution is -0.137. The number of hydrogen-bond acceptors (Lipinski definition) is 5. The Morgan fingerprint density at radius 1 is 1.24 bits per heavy atom. The lowest BCUT2D eigenvalue weighted by atomic mass is 9.94. The second-order valence-corrected chi connectivity index (χ2v) is 7.43. The van der Waals surface area contributed by atoms with E-state index in [0.717, 1.165) is 51.4 Å². The van der Waals surface area contributed by atoms with Crippen molar-refractivity contribution in [2.75, 3.05) is 45.9 Å². The van der Waals surface area contributed by atoms with Gasteiger partial charge in [-0.3, -0.25) is 14.5 Å². The van der Waals surface area contributed by atoms with Crippen LogP contribution in [0.5, 0.6) is 0 Å². The molecule has 0 aromatic heterocycles. The summed E-state index contributed by atoms with van der Waals surface area (Å²) >= 11 is 0. The number of hydrogen-bond donors (Lipinski definition) is 2. The largest absolute Gasteiger partial charge is 0.416 e. The summed E-state index contributed by atoms with van der Waals surface area (Å²) in [5, 5.41) is 5.88. The molecule has 2 atom stereocenters. The maximum atomic E-state index is 12.9. The lowest BCUT2D eigenvalue weighted by Crippen LogP contribution is -2.42. The molecule has 9 heteroatoms. The second kappa shape index (κ2) is 9.69. The Balaban J connectivity index is 1.44.